The number of carbonyl (C=O) groups is 1. The van der Waals surface area contributed by atoms with Gasteiger partial charge in [0.15, 0.2) is 0 Å². The molecule has 0 radical (unpaired) electrons. The molecule has 0 aliphatic carbocycles. The van der Waals surface area contributed by atoms with Crippen LogP contribution in [0.3, 0.4) is 0 Å². The van der Waals surface area contributed by atoms with Crippen LogP contribution in [0.4, 0.5) is 0 Å². The highest BCUT2D eigenvalue weighted by Crippen LogP contribution is 2.26. The molecular formula is C21H20N6O2. The Morgan fingerprint density at radius 2 is 1.79 bits per heavy atom. The zero-order chi connectivity index (χ0) is 20.5. The van der Waals surface area contributed by atoms with E-state index >= 15 is 0 Å². The molecule has 0 bridgehead atoms. The van der Waals surface area contributed by atoms with Crippen molar-refractivity contribution in [3.05, 3.63) is 60.0 Å². The lowest BCUT2D eigenvalue weighted by Crippen LogP contribution is -2.21. The summed E-state index contributed by atoms with van der Waals surface area (Å²) in [5.74, 6) is 0.685. The van der Waals surface area contributed by atoms with Gasteiger partial charge in [-0.3, -0.25) is 9.78 Å². The number of hydrogen-bond acceptors (Lipinski definition) is 6. The molecule has 8 nitrogen and oxygen atoms in total. The van der Waals surface area contributed by atoms with Gasteiger partial charge in [-0.15, -0.1) is 10.2 Å². The molecule has 0 unspecified atom stereocenters. The third kappa shape index (κ3) is 3.52. The smallest absolute Gasteiger partial charge is 0.268 e. The van der Waals surface area contributed by atoms with Crippen molar-refractivity contribution in [2.75, 3.05) is 14.1 Å². The largest absolute Gasteiger partial charge is 0.413 e. The minimum absolute atomic E-state index is 0.0497. The molecule has 0 saturated heterocycles. The maximum atomic E-state index is 12.1. The van der Waals surface area contributed by atoms with E-state index in [9.17, 15) is 4.79 Å². The Balaban J connectivity index is 1.68. The lowest BCUT2D eigenvalue weighted by Gasteiger charge is -2.10. The Morgan fingerprint density at radius 1 is 1.07 bits per heavy atom. The third-order valence-corrected chi connectivity index (χ3v) is 4.58. The fourth-order valence-electron chi connectivity index (χ4n) is 2.94. The molecule has 0 atom stereocenters. The molecule has 1 aromatic carbocycles. The van der Waals surface area contributed by atoms with Gasteiger partial charge in [0.25, 0.3) is 17.7 Å². The van der Waals surface area contributed by atoms with Crippen LogP contribution in [0, 0.1) is 6.92 Å². The van der Waals surface area contributed by atoms with Crippen molar-refractivity contribution in [1.82, 2.24) is 29.6 Å². The van der Waals surface area contributed by atoms with E-state index in [1.807, 2.05) is 49.0 Å². The van der Waals surface area contributed by atoms with Gasteiger partial charge >= 0.3 is 0 Å². The van der Waals surface area contributed by atoms with E-state index < -0.39 is 0 Å². The number of benzene rings is 1. The first-order valence-corrected chi connectivity index (χ1v) is 9.05. The van der Waals surface area contributed by atoms with Crippen LogP contribution >= 0.6 is 0 Å². The van der Waals surface area contributed by atoms with Crippen LogP contribution in [0.25, 0.3) is 34.4 Å². The van der Waals surface area contributed by atoms with E-state index in [0.717, 1.165) is 11.3 Å². The summed E-state index contributed by atoms with van der Waals surface area (Å²) in [6, 6.07) is 11.1. The number of nitrogens with zero attached hydrogens (tertiary/aromatic N) is 6. The maximum Gasteiger partial charge on any atom is 0.268 e. The van der Waals surface area contributed by atoms with E-state index in [0.29, 0.717) is 34.4 Å². The zero-order valence-corrected chi connectivity index (χ0v) is 16.6. The van der Waals surface area contributed by atoms with Gasteiger partial charge in [0.1, 0.15) is 11.4 Å². The molecule has 0 aliphatic heterocycles. The van der Waals surface area contributed by atoms with E-state index in [1.165, 1.54) is 0 Å². The fourth-order valence-corrected chi connectivity index (χ4v) is 2.94. The topological polar surface area (TPSA) is 89.9 Å². The summed E-state index contributed by atoms with van der Waals surface area (Å²) in [4.78, 5) is 22.7. The summed E-state index contributed by atoms with van der Waals surface area (Å²) in [5.41, 5.74) is 4.17. The van der Waals surface area contributed by atoms with Crippen molar-refractivity contribution in [1.29, 1.82) is 0 Å². The van der Waals surface area contributed by atoms with Crippen LogP contribution in [0.1, 0.15) is 16.1 Å². The second-order valence-corrected chi connectivity index (χ2v) is 6.88. The van der Waals surface area contributed by atoms with Gasteiger partial charge in [0.2, 0.25) is 0 Å². The second-order valence-electron chi connectivity index (χ2n) is 6.88. The first-order valence-electron chi connectivity index (χ1n) is 9.05. The molecular weight excluding hydrogens is 368 g/mol. The standard InChI is InChI=1S/C21H20N6O2/c1-13-18(20-25-24-19(29-20)17-6-5-11-27(17)4)23-16(12-22-13)14-7-9-15(10-8-14)21(28)26(2)3/h5-12H,1-4H3. The number of aromatic nitrogens is 5. The highest BCUT2D eigenvalue weighted by Gasteiger charge is 2.17. The Kier molecular flexibility index (Phi) is 4.67. The Labute approximate surface area is 167 Å². The quantitative estimate of drug-likeness (QED) is 0.533. The minimum Gasteiger partial charge on any atom is -0.413 e. The van der Waals surface area contributed by atoms with Gasteiger partial charge < -0.3 is 13.9 Å². The predicted molar refractivity (Wildman–Crippen MR) is 108 cm³/mol. The Morgan fingerprint density at radius 3 is 2.45 bits per heavy atom. The van der Waals surface area contributed by atoms with E-state index in [4.69, 9.17) is 4.42 Å². The molecule has 0 fully saturated rings. The van der Waals surface area contributed by atoms with Crippen molar-refractivity contribution in [3.63, 3.8) is 0 Å². The van der Waals surface area contributed by atoms with Crippen molar-refractivity contribution >= 4 is 5.91 Å². The SMILES string of the molecule is Cc1ncc(-c2ccc(C(=O)N(C)C)cc2)nc1-c1nnc(-c2cccn2C)o1. The first-order chi connectivity index (χ1) is 13.9. The summed E-state index contributed by atoms with van der Waals surface area (Å²) >= 11 is 0. The molecule has 1 amide bonds. The molecule has 146 valence electrons. The predicted octanol–water partition coefficient (Wildman–Crippen LogP) is 3.21. The number of carbonyl (C=O) groups excluding carboxylic acids is 1. The Bertz CT molecular complexity index is 1170. The third-order valence-electron chi connectivity index (χ3n) is 4.58. The molecule has 4 aromatic rings. The molecule has 3 heterocycles. The molecule has 29 heavy (non-hydrogen) atoms. The van der Waals surface area contributed by atoms with Crippen molar-refractivity contribution in [2.45, 2.75) is 6.92 Å². The average molecular weight is 388 g/mol. The summed E-state index contributed by atoms with van der Waals surface area (Å²) < 4.78 is 7.75. The number of hydrogen-bond donors (Lipinski definition) is 0. The molecule has 4 rings (SSSR count). The van der Waals surface area contributed by atoms with Gasteiger partial charge in [0, 0.05) is 38.5 Å². The van der Waals surface area contributed by atoms with Gasteiger partial charge in [-0.25, -0.2) is 4.98 Å². The normalized spacial score (nSPS) is 10.9. The molecule has 0 N–H and O–H groups in total. The van der Waals surface area contributed by atoms with Crippen molar-refractivity contribution in [3.8, 4) is 34.4 Å². The van der Waals surface area contributed by atoms with Gasteiger partial charge in [-0.2, -0.15) is 0 Å². The van der Waals surface area contributed by atoms with Crippen LogP contribution in [0.5, 0.6) is 0 Å². The minimum atomic E-state index is -0.0497. The van der Waals surface area contributed by atoms with Gasteiger partial charge in [-0.05, 0) is 31.2 Å². The summed E-state index contributed by atoms with van der Waals surface area (Å²) in [6.07, 6.45) is 3.60. The molecule has 0 aliphatic rings. The summed E-state index contributed by atoms with van der Waals surface area (Å²) in [6.45, 7) is 1.84. The molecule has 3 aromatic heterocycles. The van der Waals surface area contributed by atoms with Crippen LogP contribution < -0.4 is 0 Å². The van der Waals surface area contributed by atoms with Crippen molar-refractivity contribution < 1.29 is 9.21 Å². The monoisotopic (exact) mass is 388 g/mol. The van der Waals surface area contributed by atoms with Crippen LogP contribution in [0.2, 0.25) is 0 Å². The number of aryl methyl sites for hydroxylation is 2. The lowest BCUT2D eigenvalue weighted by atomic mass is 10.1. The maximum absolute atomic E-state index is 12.1. The Hall–Kier alpha value is -3.81. The fraction of sp³-hybridized carbons (Fsp3) is 0.190. The summed E-state index contributed by atoms with van der Waals surface area (Å²) in [7, 11) is 5.36. The molecule has 8 heteroatoms. The van der Waals surface area contributed by atoms with E-state index in [1.54, 1.807) is 37.3 Å². The molecule has 0 saturated carbocycles. The van der Waals surface area contributed by atoms with Crippen LogP contribution in [0.15, 0.2) is 53.2 Å². The van der Waals surface area contributed by atoms with Crippen molar-refractivity contribution in [2.24, 2.45) is 7.05 Å². The van der Waals surface area contributed by atoms with Gasteiger partial charge in [-0.1, -0.05) is 12.1 Å². The lowest BCUT2D eigenvalue weighted by molar-refractivity contribution is 0.0827. The van der Waals surface area contributed by atoms with E-state index in [-0.39, 0.29) is 5.91 Å². The number of amides is 1. The van der Waals surface area contributed by atoms with Gasteiger partial charge in [0.05, 0.1) is 17.6 Å². The summed E-state index contributed by atoms with van der Waals surface area (Å²) in [5, 5.41) is 8.29. The molecule has 0 spiro atoms. The number of rotatable bonds is 4. The first kappa shape index (κ1) is 18.5. The average Bonchev–Trinajstić information content (AvgIpc) is 3.36. The highest BCUT2D eigenvalue weighted by molar-refractivity contribution is 5.94. The van der Waals surface area contributed by atoms with Crippen LogP contribution in [-0.2, 0) is 7.05 Å². The van der Waals surface area contributed by atoms with E-state index in [2.05, 4.69) is 20.2 Å². The second kappa shape index (κ2) is 7.31. The zero-order valence-electron chi connectivity index (χ0n) is 16.6. The highest BCUT2D eigenvalue weighted by atomic mass is 16.4. The van der Waals surface area contributed by atoms with Crippen LogP contribution in [-0.4, -0.2) is 49.6 Å².